The van der Waals surface area contributed by atoms with E-state index < -0.39 is 0 Å². The summed E-state index contributed by atoms with van der Waals surface area (Å²) in [6, 6.07) is 2.17. The summed E-state index contributed by atoms with van der Waals surface area (Å²) in [6.07, 6.45) is 5.83. The van der Waals surface area contributed by atoms with Crippen LogP contribution in [0, 0.1) is 18.3 Å². The SMILES string of the molecule is C=C1CCC(C(C)(C)C)C/C1=C/c1[nH]c(COC)cc1C. The number of hydrogen-bond acceptors (Lipinski definition) is 1. The van der Waals surface area contributed by atoms with Gasteiger partial charge in [-0.05, 0) is 60.8 Å². The number of aromatic nitrogens is 1. The Morgan fingerprint density at radius 3 is 2.76 bits per heavy atom. The highest BCUT2D eigenvalue weighted by Crippen LogP contribution is 2.42. The smallest absolute Gasteiger partial charge is 0.0862 e. The number of aryl methyl sites for hydroxylation is 1. The van der Waals surface area contributed by atoms with Crippen LogP contribution in [-0.2, 0) is 11.3 Å². The highest BCUT2D eigenvalue weighted by Gasteiger charge is 2.29. The van der Waals surface area contributed by atoms with E-state index >= 15 is 0 Å². The standard InChI is InChI=1S/C19H29NO/c1-13-7-8-16(19(3,4)5)10-15(13)11-18-14(2)9-17(20-18)12-21-6/h9,11,16,20H,1,7-8,10,12H2,2-6H3/b15-11-. The van der Waals surface area contributed by atoms with Gasteiger partial charge in [-0.1, -0.05) is 32.9 Å². The molecule has 2 rings (SSSR count). The van der Waals surface area contributed by atoms with Gasteiger partial charge in [0.25, 0.3) is 0 Å². The van der Waals surface area contributed by atoms with Gasteiger partial charge in [0.2, 0.25) is 0 Å². The van der Waals surface area contributed by atoms with Crippen molar-refractivity contribution in [2.75, 3.05) is 7.11 Å². The Kier molecular flexibility index (Phi) is 4.77. The maximum absolute atomic E-state index is 5.20. The van der Waals surface area contributed by atoms with E-state index in [4.69, 9.17) is 4.74 Å². The van der Waals surface area contributed by atoms with Gasteiger partial charge in [-0.2, -0.15) is 0 Å². The molecule has 0 aromatic carbocycles. The van der Waals surface area contributed by atoms with Crippen LogP contribution in [0.4, 0.5) is 0 Å². The Morgan fingerprint density at radius 1 is 1.43 bits per heavy atom. The van der Waals surface area contributed by atoms with Crippen LogP contribution in [0.25, 0.3) is 6.08 Å². The first kappa shape index (κ1) is 16.1. The van der Waals surface area contributed by atoms with E-state index in [9.17, 15) is 0 Å². The van der Waals surface area contributed by atoms with Crippen LogP contribution >= 0.6 is 0 Å². The summed E-state index contributed by atoms with van der Waals surface area (Å²) in [5.74, 6) is 0.739. The van der Waals surface area contributed by atoms with Crippen LogP contribution in [0.5, 0.6) is 0 Å². The topological polar surface area (TPSA) is 25.0 Å². The molecule has 0 saturated heterocycles. The molecule has 1 atom stereocenters. The van der Waals surface area contributed by atoms with E-state index in [2.05, 4.69) is 51.4 Å². The van der Waals surface area contributed by atoms with Crippen molar-refractivity contribution in [1.82, 2.24) is 4.98 Å². The van der Waals surface area contributed by atoms with E-state index in [-0.39, 0.29) is 0 Å². The van der Waals surface area contributed by atoms with Crippen molar-refractivity contribution in [1.29, 1.82) is 0 Å². The van der Waals surface area contributed by atoms with Crippen molar-refractivity contribution >= 4 is 6.08 Å². The van der Waals surface area contributed by atoms with Crippen LogP contribution in [0.3, 0.4) is 0 Å². The minimum Gasteiger partial charge on any atom is -0.378 e. The summed E-state index contributed by atoms with van der Waals surface area (Å²) in [5, 5.41) is 0. The molecular formula is C19H29NO. The largest absolute Gasteiger partial charge is 0.378 e. The average molecular weight is 287 g/mol. The van der Waals surface area contributed by atoms with Crippen molar-refractivity contribution < 1.29 is 4.74 Å². The van der Waals surface area contributed by atoms with Gasteiger partial charge in [-0.25, -0.2) is 0 Å². The van der Waals surface area contributed by atoms with Crippen LogP contribution in [0.2, 0.25) is 0 Å². The molecule has 0 radical (unpaired) electrons. The van der Waals surface area contributed by atoms with E-state index in [1.165, 1.54) is 28.8 Å². The third-order valence-corrected chi connectivity index (χ3v) is 4.67. The third-order valence-electron chi connectivity index (χ3n) is 4.67. The normalized spacial score (nSPS) is 22.0. The predicted octanol–water partition coefficient (Wildman–Crippen LogP) is 5.26. The molecular weight excluding hydrogens is 258 g/mol. The van der Waals surface area contributed by atoms with Gasteiger partial charge < -0.3 is 9.72 Å². The molecule has 1 unspecified atom stereocenters. The zero-order valence-electron chi connectivity index (χ0n) is 14.2. The summed E-state index contributed by atoms with van der Waals surface area (Å²) in [7, 11) is 1.73. The number of methoxy groups -OCH3 is 1. The molecule has 21 heavy (non-hydrogen) atoms. The van der Waals surface area contributed by atoms with Gasteiger partial charge in [-0.15, -0.1) is 0 Å². The third kappa shape index (κ3) is 3.88. The first-order chi connectivity index (χ1) is 9.81. The summed E-state index contributed by atoms with van der Waals surface area (Å²) in [6.45, 7) is 14.1. The molecule has 1 aromatic heterocycles. The molecule has 1 aliphatic carbocycles. The van der Waals surface area contributed by atoms with Gasteiger partial charge in [0, 0.05) is 18.5 Å². The van der Waals surface area contributed by atoms with Gasteiger partial charge >= 0.3 is 0 Å². The highest BCUT2D eigenvalue weighted by molar-refractivity contribution is 5.59. The lowest BCUT2D eigenvalue weighted by Gasteiger charge is -2.36. The van der Waals surface area contributed by atoms with Gasteiger partial charge in [-0.3, -0.25) is 0 Å². The summed E-state index contributed by atoms with van der Waals surface area (Å²) >= 11 is 0. The number of hydrogen-bond donors (Lipinski definition) is 1. The van der Waals surface area contributed by atoms with Gasteiger partial charge in [0.15, 0.2) is 0 Å². The Bertz CT molecular complexity index is 542. The summed E-state index contributed by atoms with van der Waals surface area (Å²) < 4.78 is 5.20. The average Bonchev–Trinajstić information content (AvgIpc) is 2.71. The minimum atomic E-state index is 0.367. The van der Waals surface area contributed by atoms with Crippen molar-refractivity contribution in [3.05, 3.63) is 40.7 Å². The zero-order chi connectivity index (χ0) is 15.6. The number of H-pyrrole nitrogens is 1. The van der Waals surface area contributed by atoms with Gasteiger partial charge in [0.1, 0.15) is 0 Å². The second-order valence-corrected chi connectivity index (χ2v) is 7.40. The van der Waals surface area contributed by atoms with Crippen LogP contribution in [-0.4, -0.2) is 12.1 Å². The predicted molar refractivity (Wildman–Crippen MR) is 90.2 cm³/mol. The molecule has 1 N–H and O–H groups in total. The lowest BCUT2D eigenvalue weighted by molar-refractivity contribution is 0.182. The van der Waals surface area contributed by atoms with E-state index in [1.807, 2.05) is 0 Å². The molecule has 0 spiro atoms. The number of nitrogens with one attached hydrogen (secondary N) is 1. The van der Waals surface area contributed by atoms with Crippen molar-refractivity contribution in [2.45, 2.75) is 53.6 Å². The monoisotopic (exact) mass is 287 g/mol. The summed E-state index contributed by atoms with van der Waals surface area (Å²) in [5.41, 5.74) is 6.70. The molecule has 1 heterocycles. The molecule has 2 nitrogen and oxygen atoms in total. The quantitative estimate of drug-likeness (QED) is 0.806. The number of ether oxygens (including phenoxy) is 1. The first-order valence-corrected chi connectivity index (χ1v) is 7.87. The van der Waals surface area contributed by atoms with E-state index in [0.29, 0.717) is 12.0 Å². The van der Waals surface area contributed by atoms with Crippen molar-refractivity contribution in [2.24, 2.45) is 11.3 Å². The zero-order valence-corrected chi connectivity index (χ0v) is 14.2. The maximum atomic E-state index is 5.20. The molecule has 1 aliphatic rings. The fourth-order valence-electron chi connectivity index (χ4n) is 3.13. The second-order valence-electron chi connectivity index (χ2n) is 7.40. The lowest BCUT2D eigenvalue weighted by atomic mass is 9.69. The maximum Gasteiger partial charge on any atom is 0.0862 e. The minimum absolute atomic E-state index is 0.367. The Labute approximate surface area is 129 Å². The fourth-order valence-corrected chi connectivity index (χ4v) is 3.13. The van der Waals surface area contributed by atoms with Crippen LogP contribution in [0.1, 0.15) is 57.0 Å². The Hall–Kier alpha value is -1.28. The number of rotatable bonds is 3. The highest BCUT2D eigenvalue weighted by atomic mass is 16.5. The van der Waals surface area contributed by atoms with Crippen molar-refractivity contribution in [3.8, 4) is 0 Å². The lowest BCUT2D eigenvalue weighted by Crippen LogP contribution is -2.24. The molecule has 1 fully saturated rings. The van der Waals surface area contributed by atoms with Gasteiger partial charge in [0.05, 0.1) is 6.61 Å². The molecule has 116 valence electrons. The van der Waals surface area contributed by atoms with Crippen LogP contribution in [0.15, 0.2) is 23.8 Å². The molecule has 2 heteroatoms. The second kappa shape index (κ2) is 6.23. The fraction of sp³-hybridized carbons (Fsp3) is 0.579. The van der Waals surface area contributed by atoms with E-state index in [1.54, 1.807) is 7.11 Å². The Morgan fingerprint density at radius 2 is 2.14 bits per heavy atom. The summed E-state index contributed by atoms with van der Waals surface area (Å²) in [4.78, 5) is 3.46. The molecule has 0 amide bonds. The molecule has 0 aliphatic heterocycles. The number of aromatic amines is 1. The molecule has 0 bridgehead atoms. The molecule has 1 saturated carbocycles. The number of allylic oxidation sites excluding steroid dienone is 2. The van der Waals surface area contributed by atoms with E-state index in [0.717, 1.165) is 24.5 Å². The first-order valence-electron chi connectivity index (χ1n) is 7.87. The Balaban J connectivity index is 2.24. The molecule has 1 aromatic rings. The van der Waals surface area contributed by atoms with Crippen molar-refractivity contribution in [3.63, 3.8) is 0 Å². The van der Waals surface area contributed by atoms with Crippen LogP contribution < -0.4 is 0 Å².